The normalized spacial score (nSPS) is 11.9. The minimum absolute atomic E-state index is 0.00901. The Morgan fingerprint density at radius 2 is 2.07 bits per heavy atom. The highest BCUT2D eigenvalue weighted by atomic mass is 35.5. The quantitative estimate of drug-likeness (QED) is 0.461. The van der Waals surface area contributed by atoms with Crippen molar-refractivity contribution < 1.29 is 18.5 Å². The molecule has 10 heteroatoms. The van der Waals surface area contributed by atoms with E-state index in [2.05, 4.69) is 4.99 Å². The molecule has 0 unspecified atom stereocenters. The van der Waals surface area contributed by atoms with Gasteiger partial charge in [-0.25, -0.2) is 8.78 Å². The number of fused-ring (bicyclic) bond motifs is 1. The van der Waals surface area contributed by atoms with E-state index in [-0.39, 0.29) is 26.6 Å². The topological polar surface area (TPSA) is 77.5 Å². The van der Waals surface area contributed by atoms with Crippen LogP contribution < -0.4 is 4.80 Å². The van der Waals surface area contributed by atoms with Gasteiger partial charge < -0.3 is 4.57 Å². The van der Waals surface area contributed by atoms with Gasteiger partial charge in [-0.1, -0.05) is 29.9 Å². The molecule has 27 heavy (non-hydrogen) atoms. The van der Waals surface area contributed by atoms with Crippen LogP contribution in [0.4, 0.5) is 14.5 Å². The van der Waals surface area contributed by atoms with E-state index >= 15 is 0 Å². The summed E-state index contributed by atoms with van der Waals surface area (Å²) in [7, 11) is 0. The lowest BCUT2D eigenvalue weighted by atomic mass is 10.2. The van der Waals surface area contributed by atoms with Gasteiger partial charge in [0.1, 0.15) is 5.82 Å². The van der Waals surface area contributed by atoms with Gasteiger partial charge in [0.05, 0.1) is 25.7 Å². The number of aryl methyl sites for hydroxylation is 1. The van der Waals surface area contributed by atoms with Crippen LogP contribution in [0.3, 0.4) is 0 Å². The van der Waals surface area contributed by atoms with Gasteiger partial charge in [-0.05, 0) is 18.6 Å². The summed E-state index contributed by atoms with van der Waals surface area (Å²) in [5.41, 5.74) is -0.290. The van der Waals surface area contributed by atoms with Gasteiger partial charge in [0.2, 0.25) is 0 Å². The van der Waals surface area contributed by atoms with Crippen LogP contribution in [0, 0.1) is 21.7 Å². The van der Waals surface area contributed by atoms with Crippen molar-refractivity contribution >= 4 is 44.7 Å². The van der Waals surface area contributed by atoms with Crippen LogP contribution in [0.5, 0.6) is 0 Å². The third kappa shape index (κ3) is 3.74. The number of aromatic nitrogens is 1. The summed E-state index contributed by atoms with van der Waals surface area (Å²) >= 11 is 6.92. The number of nitrogens with zero attached hydrogens (tertiary/aromatic N) is 3. The number of hydrogen-bond acceptors (Lipinski definition) is 4. The number of benzene rings is 2. The van der Waals surface area contributed by atoms with E-state index in [0.717, 1.165) is 23.5 Å². The Hall–Kier alpha value is -2.65. The second-order valence-electron chi connectivity index (χ2n) is 5.61. The zero-order valence-electron chi connectivity index (χ0n) is 13.9. The highest BCUT2D eigenvalue weighted by molar-refractivity contribution is 7.16. The highest BCUT2D eigenvalue weighted by Gasteiger charge is 2.17. The number of carbonyl (C=O) groups is 1. The van der Waals surface area contributed by atoms with E-state index in [1.165, 1.54) is 22.8 Å². The zero-order valence-corrected chi connectivity index (χ0v) is 15.5. The third-order valence-electron chi connectivity index (χ3n) is 3.73. The average Bonchev–Trinajstić information content (AvgIpc) is 2.92. The molecule has 3 aromatic rings. The van der Waals surface area contributed by atoms with Crippen molar-refractivity contribution in [1.82, 2.24) is 4.57 Å². The van der Waals surface area contributed by atoms with Crippen molar-refractivity contribution in [2.75, 3.05) is 0 Å². The molecular formula is C17H12ClF2N3O3S. The molecule has 0 aliphatic rings. The van der Waals surface area contributed by atoms with Crippen molar-refractivity contribution in [3.63, 3.8) is 0 Å². The predicted molar refractivity (Wildman–Crippen MR) is 98.0 cm³/mol. The van der Waals surface area contributed by atoms with Crippen LogP contribution in [0.1, 0.15) is 23.7 Å². The maximum absolute atomic E-state index is 14.2. The monoisotopic (exact) mass is 411 g/mol. The molecule has 1 amide bonds. The van der Waals surface area contributed by atoms with Gasteiger partial charge in [-0.15, -0.1) is 0 Å². The summed E-state index contributed by atoms with van der Waals surface area (Å²) in [4.78, 5) is 26.9. The molecule has 0 N–H and O–H groups in total. The minimum Gasteiger partial charge on any atom is -0.314 e. The highest BCUT2D eigenvalue weighted by Crippen LogP contribution is 2.24. The summed E-state index contributed by atoms with van der Waals surface area (Å²) in [6.07, 6.45) is 0.627. The van der Waals surface area contributed by atoms with E-state index in [0.29, 0.717) is 17.7 Å². The summed E-state index contributed by atoms with van der Waals surface area (Å²) in [5.74, 6) is -2.29. The van der Waals surface area contributed by atoms with Crippen molar-refractivity contribution in [2.24, 2.45) is 4.99 Å². The van der Waals surface area contributed by atoms with Crippen molar-refractivity contribution in [3.8, 4) is 0 Å². The number of nitro groups is 1. The van der Waals surface area contributed by atoms with Gasteiger partial charge in [-0.3, -0.25) is 14.9 Å². The number of hydrogen-bond donors (Lipinski definition) is 0. The van der Waals surface area contributed by atoms with Crippen LogP contribution >= 0.6 is 22.9 Å². The van der Waals surface area contributed by atoms with Gasteiger partial charge in [-0.2, -0.15) is 4.99 Å². The molecule has 0 fully saturated rings. The lowest BCUT2D eigenvalue weighted by molar-refractivity contribution is -0.384. The van der Waals surface area contributed by atoms with Crippen molar-refractivity contribution in [3.05, 3.63) is 67.5 Å². The first kappa shape index (κ1) is 19.1. The fraction of sp³-hybridized carbons (Fsp3) is 0.176. The molecule has 1 heterocycles. The van der Waals surface area contributed by atoms with E-state index in [4.69, 9.17) is 11.6 Å². The predicted octanol–water partition coefficient (Wildman–Crippen LogP) is 4.69. The molecule has 1 aromatic heterocycles. The Kier molecular flexibility index (Phi) is 5.33. The lowest BCUT2D eigenvalue weighted by Crippen LogP contribution is -2.17. The van der Waals surface area contributed by atoms with E-state index in [1.807, 2.05) is 6.92 Å². The summed E-state index contributed by atoms with van der Waals surface area (Å²) in [6, 6.07) is 5.38. The van der Waals surface area contributed by atoms with Gasteiger partial charge in [0, 0.05) is 24.7 Å². The first-order valence-corrected chi connectivity index (χ1v) is 9.02. The number of carbonyl (C=O) groups excluding carboxylic acids is 1. The number of nitro benzene ring substituents is 1. The standard InChI is InChI=1S/C17H12ClF2N3O3S/c1-2-5-22-15-13(20)6-9(19)7-14(15)27-17(22)21-16(24)11-8-10(23(25)26)3-4-12(11)18/h3-4,6-8H,2,5H2,1H3. The number of halogens is 3. The van der Waals surface area contributed by atoms with Crippen molar-refractivity contribution in [2.45, 2.75) is 19.9 Å². The van der Waals surface area contributed by atoms with E-state index < -0.39 is 22.5 Å². The Bertz CT molecular complexity index is 1140. The zero-order chi connectivity index (χ0) is 19.7. The Morgan fingerprint density at radius 3 is 2.74 bits per heavy atom. The molecular weight excluding hydrogens is 400 g/mol. The molecule has 0 aliphatic carbocycles. The van der Waals surface area contributed by atoms with Crippen LogP contribution in [0.2, 0.25) is 5.02 Å². The molecule has 2 aromatic carbocycles. The average molecular weight is 412 g/mol. The van der Waals surface area contributed by atoms with Gasteiger partial charge in [0.15, 0.2) is 10.6 Å². The Labute approximate surface area is 160 Å². The second kappa shape index (κ2) is 7.53. The Balaban J connectivity index is 2.20. The molecule has 0 radical (unpaired) electrons. The SMILES string of the molecule is CCCn1c(=NC(=O)c2cc([N+](=O)[O-])ccc2Cl)sc2cc(F)cc(F)c21. The first-order valence-electron chi connectivity index (χ1n) is 7.83. The molecule has 0 spiro atoms. The molecule has 140 valence electrons. The molecule has 0 atom stereocenters. The van der Waals surface area contributed by atoms with Crippen LogP contribution in [0.25, 0.3) is 10.2 Å². The smallest absolute Gasteiger partial charge is 0.281 e. The van der Waals surface area contributed by atoms with Gasteiger partial charge in [0.25, 0.3) is 11.6 Å². The summed E-state index contributed by atoms with van der Waals surface area (Å²) in [6.45, 7) is 2.22. The second-order valence-corrected chi connectivity index (χ2v) is 7.03. The third-order valence-corrected chi connectivity index (χ3v) is 5.09. The lowest BCUT2D eigenvalue weighted by Gasteiger charge is -2.04. The Morgan fingerprint density at radius 1 is 1.33 bits per heavy atom. The molecule has 0 aliphatic heterocycles. The maximum atomic E-state index is 14.2. The van der Waals surface area contributed by atoms with Crippen molar-refractivity contribution in [1.29, 1.82) is 0 Å². The maximum Gasteiger partial charge on any atom is 0.281 e. The largest absolute Gasteiger partial charge is 0.314 e. The molecule has 0 saturated heterocycles. The van der Waals surface area contributed by atoms with E-state index in [9.17, 15) is 23.7 Å². The fourth-order valence-electron chi connectivity index (χ4n) is 2.58. The first-order chi connectivity index (χ1) is 12.8. The van der Waals surface area contributed by atoms with Crippen LogP contribution in [-0.2, 0) is 6.54 Å². The minimum atomic E-state index is -0.805. The van der Waals surface area contributed by atoms with Gasteiger partial charge >= 0.3 is 0 Å². The summed E-state index contributed by atoms with van der Waals surface area (Å²) in [5, 5.41) is 10.9. The molecule has 6 nitrogen and oxygen atoms in total. The number of amides is 1. The van der Waals surface area contributed by atoms with Crippen LogP contribution in [0.15, 0.2) is 35.3 Å². The fourth-order valence-corrected chi connectivity index (χ4v) is 3.88. The molecule has 0 bridgehead atoms. The number of non-ortho nitro benzene ring substituents is 1. The van der Waals surface area contributed by atoms with Crippen LogP contribution in [-0.4, -0.2) is 15.4 Å². The summed E-state index contributed by atoms with van der Waals surface area (Å²) < 4.78 is 29.5. The number of rotatable bonds is 4. The number of thiazole rings is 1. The van der Waals surface area contributed by atoms with E-state index in [1.54, 1.807) is 0 Å². The molecule has 0 saturated carbocycles. The molecule has 3 rings (SSSR count).